The van der Waals surface area contributed by atoms with E-state index in [0.717, 1.165) is 28.4 Å². The highest BCUT2D eigenvalue weighted by Gasteiger charge is 2.27. The van der Waals surface area contributed by atoms with Gasteiger partial charge in [-0.3, -0.25) is 0 Å². The Morgan fingerprint density at radius 1 is 0.759 bits per heavy atom. The van der Waals surface area contributed by atoms with Crippen molar-refractivity contribution in [1.29, 1.82) is 0 Å². The van der Waals surface area contributed by atoms with Crippen LogP contribution in [-0.4, -0.2) is 9.85 Å². The summed E-state index contributed by atoms with van der Waals surface area (Å²) in [6, 6.07) is 10.6. The van der Waals surface area contributed by atoms with Gasteiger partial charge in [0, 0.05) is 22.0 Å². The molecule has 3 heteroatoms. The van der Waals surface area contributed by atoms with Crippen LogP contribution in [0.3, 0.4) is 0 Å². The fourth-order valence-corrected chi connectivity index (χ4v) is 6.86. The molecule has 0 aliphatic heterocycles. The SMILES string of the molecule is Cc1c(O)c(C)c(CSC(C)(C)CC(C)(C)C)c(C)c1CSCc1ccccc1. The summed E-state index contributed by atoms with van der Waals surface area (Å²) >= 11 is 3.94. The number of aromatic hydroxyl groups is 1. The quantitative estimate of drug-likeness (QED) is 0.456. The van der Waals surface area contributed by atoms with E-state index >= 15 is 0 Å². The molecule has 0 atom stereocenters. The lowest BCUT2D eigenvalue weighted by atomic mass is 9.86. The van der Waals surface area contributed by atoms with Gasteiger partial charge < -0.3 is 5.11 Å². The molecule has 0 aromatic heterocycles. The van der Waals surface area contributed by atoms with Crippen LogP contribution in [0.2, 0.25) is 0 Å². The number of hydrogen-bond acceptors (Lipinski definition) is 3. The zero-order valence-electron chi connectivity index (χ0n) is 19.5. The molecule has 2 aromatic carbocycles. The molecule has 29 heavy (non-hydrogen) atoms. The van der Waals surface area contributed by atoms with Crippen LogP contribution in [0.15, 0.2) is 30.3 Å². The maximum atomic E-state index is 10.8. The van der Waals surface area contributed by atoms with Crippen LogP contribution in [0.1, 0.15) is 74.4 Å². The van der Waals surface area contributed by atoms with Crippen molar-refractivity contribution in [2.75, 3.05) is 0 Å². The molecule has 0 bridgehead atoms. The fraction of sp³-hybridized carbons (Fsp3) is 0.538. The molecule has 0 unspecified atom stereocenters. The zero-order chi connectivity index (χ0) is 21.8. The largest absolute Gasteiger partial charge is 0.507 e. The molecule has 0 fully saturated rings. The van der Waals surface area contributed by atoms with E-state index in [-0.39, 0.29) is 4.75 Å². The topological polar surface area (TPSA) is 20.2 Å². The minimum atomic E-state index is 0.208. The van der Waals surface area contributed by atoms with Crippen molar-refractivity contribution in [2.45, 2.75) is 83.8 Å². The Morgan fingerprint density at radius 3 is 1.86 bits per heavy atom. The molecule has 0 aliphatic rings. The highest BCUT2D eigenvalue weighted by Crippen LogP contribution is 2.42. The Kier molecular flexibility index (Phi) is 8.21. The van der Waals surface area contributed by atoms with Gasteiger partial charge in [-0.25, -0.2) is 0 Å². The first-order valence-corrected chi connectivity index (χ1v) is 12.6. The molecule has 0 heterocycles. The van der Waals surface area contributed by atoms with Crippen molar-refractivity contribution in [3.8, 4) is 5.75 Å². The molecule has 0 aliphatic carbocycles. The maximum Gasteiger partial charge on any atom is 0.122 e. The minimum Gasteiger partial charge on any atom is -0.507 e. The van der Waals surface area contributed by atoms with E-state index in [9.17, 15) is 5.11 Å². The van der Waals surface area contributed by atoms with E-state index in [0.29, 0.717) is 11.2 Å². The van der Waals surface area contributed by atoms with Crippen LogP contribution >= 0.6 is 23.5 Å². The minimum absolute atomic E-state index is 0.208. The highest BCUT2D eigenvalue weighted by atomic mass is 32.2. The van der Waals surface area contributed by atoms with Crippen LogP contribution in [0.5, 0.6) is 5.75 Å². The monoisotopic (exact) mass is 430 g/mol. The predicted molar refractivity (Wildman–Crippen MR) is 133 cm³/mol. The number of phenols is 1. The third kappa shape index (κ3) is 7.00. The molecular formula is C26H38OS2. The molecule has 0 radical (unpaired) electrons. The first kappa shape index (κ1) is 24.2. The second kappa shape index (κ2) is 9.83. The summed E-state index contributed by atoms with van der Waals surface area (Å²) < 4.78 is 0.208. The second-order valence-corrected chi connectivity index (χ2v) is 12.6. The Labute approximate surface area is 187 Å². The van der Waals surface area contributed by atoms with Gasteiger partial charge in [-0.05, 0) is 66.0 Å². The van der Waals surface area contributed by atoms with Crippen molar-refractivity contribution in [3.05, 3.63) is 63.7 Å². The van der Waals surface area contributed by atoms with Gasteiger partial charge in [-0.1, -0.05) is 65.0 Å². The third-order valence-electron chi connectivity index (χ3n) is 5.44. The molecule has 0 saturated heterocycles. The van der Waals surface area contributed by atoms with Crippen LogP contribution in [-0.2, 0) is 17.3 Å². The van der Waals surface area contributed by atoms with Gasteiger partial charge in [0.2, 0.25) is 0 Å². The van der Waals surface area contributed by atoms with Crippen LogP contribution in [0.25, 0.3) is 0 Å². The summed E-state index contributed by atoms with van der Waals surface area (Å²) in [5, 5.41) is 10.8. The Morgan fingerprint density at radius 2 is 1.31 bits per heavy atom. The number of hydrogen-bond donors (Lipinski definition) is 1. The zero-order valence-corrected chi connectivity index (χ0v) is 21.1. The maximum absolute atomic E-state index is 10.8. The summed E-state index contributed by atoms with van der Waals surface area (Å²) in [7, 11) is 0. The van der Waals surface area contributed by atoms with Crippen molar-refractivity contribution in [1.82, 2.24) is 0 Å². The number of thioether (sulfide) groups is 2. The van der Waals surface area contributed by atoms with Crippen molar-refractivity contribution in [3.63, 3.8) is 0 Å². The van der Waals surface area contributed by atoms with Gasteiger partial charge in [0.1, 0.15) is 5.75 Å². The lowest BCUT2D eigenvalue weighted by Gasteiger charge is -2.32. The summed E-state index contributed by atoms with van der Waals surface area (Å²) in [4.78, 5) is 0. The summed E-state index contributed by atoms with van der Waals surface area (Å²) in [5.41, 5.74) is 7.74. The molecule has 2 aromatic rings. The number of phenolic OH excluding ortho intramolecular Hbond substituents is 1. The van der Waals surface area contributed by atoms with Gasteiger partial charge in [0.05, 0.1) is 0 Å². The molecule has 2 rings (SSSR count). The van der Waals surface area contributed by atoms with E-state index in [1.54, 1.807) is 0 Å². The van der Waals surface area contributed by atoms with Crippen molar-refractivity contribution >= 4 is 23.5 Å². The highest BCUT2D eigenvalue weighted by molar-refractivity contribution is 7.99. The van der Waals surface area contributed by atoms with Gasteiger partial charge in [-0.15, -0.1) is 0 Å². The molecule has 1 nitrogen and oxygen atoms in total. The Balaban J connectivity index is 2.18. The predicted octanol–water partition coefficient (Wildman–Crippen LogP) is 8.20. The van der Waals surface area contributed by atoms with Crippen LogP contribution in [0, 0.1) is 26.2 Å². The van der Waals surface area contributed by atoms with Crippen LogP contribution in [0.4, 0.5) is 0 Å². The summed E-state index contributed by atoms with van der Waals surface area (Å²) in [5.74, 6) is 3.36. The molecular weight excluding hydrogens is 392 g/mol. The molecule has 0 spiro atoms. The van der Waals surface area contributed by atoms with Crippen molar-refractivity contribution in [2.24, 2.45) is 5.41 Å². The smallest absolute Gasteiger partial charge is 0.122 e. The number of rotatable bonds is 8. The average Bonchev–Trinajstić information content (AvgIpc) is 2.61. The third-order valence-corrected chi connectivity index (χ3v) is 7.83. The normalized spacial score (nSPS) is 12.4. The van der Waals surface area contributed by atoms with Gasteiger partial charge in [0.15, 0.2) is 0 Å². The van der Waals surface area contributed by atoms with E-state index in [4.69, 9.17) is 0 Å². The first-order chi connectivity index (χ1) is 13.4. The molecule has 0 saturated carbocycles. The van der Waals surface area contributed by atoms with Gasteiger partial charge in [0.25, 0.3) is 0 Å². The standard InChI is InChI=1S/C26H38OS2/c1-18-22(15-28-14-21-12-10-9-11-13-21)19(2)24(27)20(3)23(18)16-29-26(7,8)17-25(4,5)6/h9-13,27H,14-17H2,1-8H3. The van der Waals surface area contributed by atoms with E-state index in [1.807, 2.05) is 23.5 Å². The fourth-order valence-electron chi connectivity index (χ4n) is 4.19. The lowest BCUT2D eigenvalue weighted by molar-refractivity contribution is 0.339. The van der Waals surface area contributed by atoms with E-state index in [1.165, 1.54) is 28.7 Å². The second-order valence-electron chi connectivity index (χ2n) is 9.94. The first-order valence-electron chi connectivity index (χ1n) is 10.5. The van der Waals surface area contributed by atoms with E-state index < -0.39 is 0 Å². The van der Waals surface area contributed by atoms with Gasteiger partial charge >= 0.3 is 0 Å². The Bertz CT molecular complexity index is 817. The van der Waals surface area contributed by atoms with Gasteiger partial charge in [-0.2, -0.15) is 23.5 Å². The lowest BCUT2D eigenvalue weighted by Crippen LogP contribution is -2.23. The molecule has 1 N–H and O–H groups in total. The summed E-state index contributed by atoms with van der Waals surface area (Å²) in [6.07, 6.45) is 1.17. The van der Waals surface area contributed by atoms with Crippen LogP contribution < -0.4 is 0 Å². The summed E-state index contributed by atoms with van der Waals surface area (Å²) in [6.45, 7) is 18.0. The van der Waals surface area contributed by atoms with Crippen molar-refractivity contribution < 1.29 is 5.11 Å². The van der Waals surface area contributed by atoms with E-state index in [2.05, 4.69) is 85.7 Å². The molecule has 160 valence electrons. The molecule has 0 amide bonds. The Hall–Kier alpha value is -1.06. The average molecular weight is 431 g/mol. The number of benzene rings is 2.